The summed E-state index contributed by atoms with van der Waals surface area (Å²) >= 11 is 0. The Morgan fingerprint density at radius 2 is 1.76 bits per heavy atom. The molecule has 0 radical (unpaired) electrons. The zero-order chi connectivity index (χ0) is 15.6. The van der Waals surface area contributed by atoms with E-state index < -0.39 is 33.2 Å². The van der Waals surface area contributed by atoms with Crippen LogP contribution in [0.2, 0.25) is 0 Å². The Bertz CT molecular complexity index is 776. The monoisotopic (exact) mass is 313 g/mol. The number of sulfonamides is 1. The second kappa shape index (κ2) is 5.79. The molecule has 21 heavy (non-hydrogen) atoms. The van der Waals surface area contributed by atoms with Gasteiger partial charge in [-0.1, -0.05) is 12.1 Å². The molecule has 0 aliphatic carbocycles. The average Bonchev–Trinajstić information content (AvgIpc) is 2.43. The van der Waals surface area contributed by atoms with Gasteiger partial charge in [-0.15, -0.1) is 0 Å². The van der Waals surface area contributed by atoms with Crippen LogP contribution in [0.3, 0.4) is 0 Å². The van der Waals surface area contributed by atoms with Gasteiger partial charge in [0.2, 0.25) is 0 Å². The molecule has 0 saturated carbocycles. The van der Waals surface area contributed by atoms with Crippen LogP contribution in [0.4, 0.5) is 14.5 Å². The highest BCUT2D eigenvalue weighted by atomic mass is 32.2. The minimum atomic E-state index is -4.29. The highest BCUT2D eigenvalue weighted by Gasteiger charge is 2.21. The van der Waals surface area contributed by atoms with E-state index in [0.717, 1.165) is 18.2 Å². The summed E-state index contributed by atoms with van der Waals surface area (Å²) in [5.41, 5.74) is 0.629. The molecule has 0 heterocycles. The zero-order valence-corrected chi connectivity index (χ0v) is 11.9. The number of rotatable bonds is 4. The van der Waals surface area contributed by atoms with Crippen LogP contribution in [-0.2, 0) is 16.6 Å². The Balaban J connectivity index is 2.45. The maximum absolute atomic E-state index is 13.7. The predicted octanol–water partition coefficient (Wildman–Crippen LogP) is 2.57. The molecule has 0 saturated heterocycles. The highest BCUT2D eigenvalue weighted by molar-refractivity contribution is 7.92. The van der Waals surface area contributed by atoms with Crippen LogP contribution in [0, 0.1) is 18.6 Å². The van der Waals surface area contributed by atoms with Crippen molar-refractivity contribution in [3.8, 4) is 0 Å². The normalized spacial score (nSPS) is 11.4. The largest absolute Gasteiger partial charge is 0.392 e. The molecule has 0 aliphatic heterocycles. The van der Waals surface area contributed by atoms with Gasteiger partial charge in [0.15, 0.2) is 0 Å². The van der Waals surface area contributed by atoms with Crippen LogP contribution in [0.5, 0.6) is 0 Å². The average molecular weight is 313 g/mol. The minimum Gasteiger partial charge on any atom is -0.392 e. The Hall–Kier alpha value is -1.99. The molecule has 7 heteroatoms. The topological polar surface area (TPSA) is 66.4 Å². The molecule has 0 aromatic heterocycles. The van der Waals surface area contributed by atoms with E-state index in [4.69, 9.17) is 5.11 Å². The number of anilines is 1. The molecule has 0 unspecified atom stereocenters. The third-order valence-corrected chi connectivity index (χ3v) is 4.21. The van der Waals surface area contributed by atoms with Crippen molar-refractivity contribution in [2.75, 3.05) is 4.72 Å². The lowest BCUT2D eigenvalue weighted by molar-refractivity contribution is 0.281. The third-order valence-electron chi connectivity index (χ3n) is 2.83. The highest BCUT2D eigenvalue weighted by Crippen LogP contribution is 2.23. The third kappa shape index (κ3) is 3.37. The van der Waals surface area contributed by atoms with Gasteiger partial charge in [0.1, 0.15) is 16.5 Å². The first kappa shape index (κ1) is 15.4. The minimum absolute atomic E-state index is 0.237. The van der Waals surface area contributed by atoms with Crippen LogP contribution in [-0.4, -0.2) is 13.5 Å². The number of halogens is 2. The summed E-state index contributed by atoms with van der Waals surface area (Å²) in [6.45, 7) is 1.24. The van der Waals surface area contributed by atoms with E-state index >= 15 is 0 Å². The number of benzene rings is 2. The van der Waals surface area contributed by atoms with E-state index in [2.05, 4.69) is 0 Å². The van der Waals surface area contributed by atoms with Crippen molar-refractivity contribution in [1.29, 1.82) is 0 Å². The van der Waals surface area contributed by atoms with Crippen LogP contribution in [0.25, 0.3) is 0 Å². The molecule has 4 nitrogen and oxygen atoms in total. The number of hydrogen-bond acceptors (Lipinski definition) is 3. The second-order valence-corrected chi connectivity index (χ2v) is 6.16. The van der Waals surface area contributed by atoms with Crippen molar-refractivity contribution in [2.24, 2.45) is 0 Å². The number of aliphatic hydroxyl groups is 1. The fraction of sp³-hybridized carbons (Fsp3) is 0.143. The summed E-state index contributed by atoms with van der Waals surface area (Å²) < 4.78 is 53.6. The first-order chi connectivity index (χ1) is 9.83. The van der Waals surface area contributed by atoms with Crippen LogP contribution >= 0.6 is 0 Å². The fourth-order valence-corrected chi connectivity index (χ4v) is 2.96. The van der Waals surface area contributed by atoms with Gasteiger partial charge in [-0.3, -0.25) is 4.72 Å². The molecule has 2 aromatic rings. The van der Waals surface area contributed by atoms with Gasteiger partial charge < -0.3 is 5.11 Å². The quantitative estimate of drug-likeness (QED) is 0.911. The fourth-order valence-electron chi connectivity index (χ4n) is 1.77. The van der Waals surface area contributed by atoms with E-state index in [-0.39, 0.29) is 11.3 Å². The van der Waals surface area contributed by atoms with Gasteiger partial charge in [0.05, 0.1) is 12.3 Å². The number of nitrogens with one attached hydrogen (secondary N) is 1. The summed E-state index contributed by atoms with van der Waals surface area (Å²) in [5, 5.41) is 8.99. The van der Waals surface area contributed by atoms with Crippen molar-refractivity contribution >= 4 is 15.7 Å². The molecular weight excluding hydrogens is 300 g/mol. The molecule has 0 atom stereocenters. The van der Waals surface area contributed by atoms with Crippen molar-refractivity contribution in [3.05, 3.63) is 59.2 Å². The Morgan fingerprint density at radius 3 is 2.43 bits per heavy atom. The Kier molecular flexibility index (Phi) is 4.24. The summed E-state index contributed by atoms with van der Waals surface area (Å²) in [5.74, 6) is -1.74. The van der Waals surface area contributed by atoms with Crippen LogP contribution in [0.1, 0.15) is 11.1 Å². The molecule has 112 valence electrons. The van der Waals surface area contributed by atoms with Gasteiger partial charge in [0.25, 0.3) is 10.0 Å². The molecule has 0 aliphatic rings. The first-order valence-electron chi connectivity index (χ1n) is 6.02. The standard InChI is InChI=1S/C14H13F2NO3S/c1-9-2-4-11(15)13(6-9)17-21(19,20)14-7-10(8-18)3-5-12(14)16/h2-7,17-18H,8H2,1H3. The van der Waals surface area contributed by atoms with E-state index in [0.29, 0.717) is 5.56 Å². The van der Waals surface area contributed by atoms with E-state index in [1.165, 1.54) is 18.2 Å². The van der Waals surface area contributed by atoms with E-state index in [1.807, 2.05) is 4.72 Å². The van der Waals surface area contributed by atoms with Gasteiger partial charge in [-0.2, -0.15) is 0 Å². The maximum Gasteiger partial charge on any atom is 0.264 e. The van der Waals surface area contributed by atoms with E-state index in [9.17, 15) is 17.2 Å². The molecule has 2 rings (SSSR count). The van der Waals surface area contributed by atoms with Crippen molar-refractivity contribution in [2.45, 2.75) is 18.4 Å². The summed E-state index contributed by atoms with van der Waals surface area (Å²) in [4.78, 5) is -0.644. The number of aliphatic hydroxyl groups excluding tert-OH is 1. The van der Waals surface area contributed by atoms with Crippen molar-refractivity contribution < 1.29 is 22.3 Å². The summed E-state index contributed by atoms with van der Waals surface area (Å²) in [6, 6.07) is 7.12. The van der Waals surface area contributed by atoms with Gasteiger partial charge >= 0.3 is 0 Å². The van der Waals surface area contributed by atoms with Gasteiger partial charge in [0, 0.05) is 0 Å². The van der Waals surface area contributed by atoms with Crippen LogP contribution in [0.15, 0.2) is 41.3 Å². The molecule has 0 spiro atoms. The lowest BCUT2D eigenvalue weighted by atomic mass is 10.2. The summed E-state index contributed by atoms with van der Waals surface area (Å²) in [7, 11) is -4.29. The Labute approximate surface area is 121 Å². The molecule has 2 aromatic carbocycles. The Morgan fingerprint density at radius 1 is 1.10 bits per heavy atom. The number of aryl methyl sites for hydroxylation is 1. The first-order valence-corrected chi connectivity index (χ1v) is 7.50. The summed E-state index contributed by atoms with van der Waals surface area (Å²) in [6.07, 6.45) is 0. The smallest absolute Gasteiger partial charge is 0.264 e. The maximum atomic E-state index is 13.7. The SMILES string of the molecule is Cc1ccc(F)c(NS(=O)(=O)c2cc(CO)ccc2F)c1. The molecule has 0 bridgehead atoms. The van der Waals surface area contributed by atoms with Gasteiger partial charge in [-0.25, -0.2) is 17.2 Å². The number of hydrogen-bond donors (Lipinski definition) is 2. The van der Waals surface area contributed by atoms with Crippen LogP contribution < -0.4 is 4.72 Å². The molecule has 0 amide bonds. The molecule has 2 N–H and O–H groups in total. The second-order valence-electron chi connectivity index (χ2n) is 4.51. The molecule has 0 fully saturated rings. The lowest BCUT2D eigenvalue weighted by Gasteiger charge is -2.11. The van der Waals surface area contributed by atoms with Gasteiger partial charge in [-0.05, 0) is 42.3 Å². The van der Waals surface area contributed by atoms with E-state index in [1.54, 1.807) is 6.92 Å². The lowest BCUT2D eigenvalue weighted by Crippen LogP contribution is -2.16. The van der Waals surface area contributed by atoms with Crippen molar-refractivity contribution in [1.82, 2.24) is 0 Å². The molecular formula is C14H13F2NO3S. The van der Waals surface area contributed by atoms with Crippen molar-refractivity contribution in [3.63, 3.8) is 0 Å². The predicted molar refractivity (Wildman–Crippen MR) is 74.3 cm³/mol. The zero-order valence-electron chi connectivity index (χ0n) is 11.1.